The second-order valence-electron chi connectivity index (χ2n) is 4.30. The van der Waals surface area contributed by atoms with E-state index in [1.54, 1.807) is 18.2 Å². The van der Waals surface area contributed by atoms with Gasteiger partial charge in [0.15, 0.2) is 0 Å². The van der Waals surface area contributed by atoms with Gasteiger partial charge >= 0.3 is 0 Å². The lowest BCUT2D eigenvalue weighted by molar-refractivity contribution is 0.112. The summed E-state index contributed by atoms with van der Waals surface area (Å²) in [6.45, 7) is 0. The molecule has 0 aromatic heterocycles. The number of aldehydes is 1. The van der Waals surface area contributed by atoms with E-state index in [-0.39, 0.29) is 0 Å². The van der Waals surface area contributed by atoms with Crippen molar-refractivity contribution < 1.29 is 9.53 Å². The van der Waals surface area contributed by atoms with Crippen LogP contribution in [-0.2, 0) is 0 Å². The predicted molar refractivity (Wildman–Crippen MR) is 80.4 cm³/mol. The molecule has 0 bridgehead atoms. The molecule has 19 heavy (non-hydrogen) atoms. The minimum atomic E-state index is 0.612. The van der Waals surface area contributed by atoms with Crippen LogP contribution in [0.1, 0.15) is 10.4 Å². The fraction of sp³-hybridized carbons (Fsp3) is 0.133. The van der Waals surface area contributed by atoms with Crippen LogP contribution in [0.4, 0.5) is 5.69 Å². The molecule has 2 rings (SSSR count). The number of carbonyl (C=O) groups excluding carboxylic acids is 1. The van der Waals surface area contributed by atoms with Crippen molar-refractivity contribution in [3.8, 4) is 11.5 Å². The molecule has 98 valence electrons. The number of hydrogen-bond donors (Lipinski definition) is 0. The average molecular weight is 320 g/mol. The van der Waals surface area contributed by atoms with Gasteiger partial charge in [0.25, 0.3) is 0 Å². The number of nitrogens with zero attached hydrogens (tertiary/aromatic N) is 1. The third-order valence-electron chi connectivity index (χ3n) is 2.65. The second kappa shape index (κ2) is 5.89. The molecule has 2 aromatic carbocycles. The van der Waals surface area contributed by atoms with E-state index in [4.69, 9.17) is 4.74 Å². The molecule has 0 spiro atoms. The highest BCUT2D eigenvalue weighted by molar-refractivity contribution is 9.10. The van der Waals surface area contributed by atoms with Crippen molar-refractivity contribution in [2.45, 2.75) is 0 Å². The summed E-state index contributed by atoms with van der Waals surface area (Å²) >= 11 is 3.40. The molecule has 0 saturated carbocycles. The number of rotatable bonds is 4. The SMILES string of the molecule is CN(C)c1cccc(Oc2ccc(C=O)cc2Br)c1. The zero-order chi connectivity index (χ0) is 13.8. The van der Waals surface area contributed by atoms with Crippen LogP contribution in [0, 0.1) is 0 Å². The Morgan fingerprint density at radius 1 is 1.16 bits per heavy atom. The number of ether oxygens (including phenoxy) is 1. The van der Waals surface area contributed by atoms with Crippen LogP contribution < -0.4 is 9.64 Å². The maximum atomic E-state index is 10.7. The van der Waals surface area contributed by atoms with Gasteiger partial charge in [0.05, 0.1) is 4.47 Å². The third kappa shape index (κ3) is 3.35. The lowest BCUT2D eigenvalue weighted by atomic mass is 10.2. The zero-order valence-corrected chi connectivity index (χ0v) is 12.3. The molecule has 0 aliphatic carbocycles. The van der Waals surface area contributed by atoms with Gasteiger partial charge in [-0.15, -0.1) is 0 Å². The molecule has 0 unspecified atom stereocenters. The zero-order valence-electron chi connectivity index (χ0n) is 10.8. The smallest absolute Gasteiger partial charge is 0.150 e. The van der Waals surface area contributed by atoms with E-state index in [0.29, 0.717) is 11.3 Å². The molecule has 0 radical (unpaired) electrons. The summed E-state index contributed by atoms with van der Waals surface area (Å²) in [6.07, 6.45) is 0.807. The van der Waals surface area contributed by atoms with Gasteiger partial charge < -0.3 is 9.64 Å². The molecule has 0 atom stereocenters. The lowest BCUT2D eigenvalue weighted by Gasteiger charge is -2.14. The van der Waals surface area contributed by atoms with Crippen molar-refractivity contribution in [2.24, 2.45) is 0 Å². The van der Waals surface area contributed by atoms with E-state index < -0.39 is 0 Å². The standard InChI is InChI=1S/C15H14BrNO2/c1-17(2)12-4-3-5-13(9-12)19-15-7-6-11(10-18)8-14(15)16/h3-10H,1-2H3. The van der Waals surface area contributed by atoms with E-state index in [2.05, 4.69) is 15.9 Å². The molecule has 0 aliphatic rings. The quantitative estimate of drug-likeness (QED) is 0.794. The van der Waals surface area contributed by atoms with Gasteiger partial charge in [0.2, 0.25) is 0 Å². The Morgan fingerprint density at radius 3 is 2.58 bits per heavy atom. The van der Waals surface area contributed by atoms with Crippen LogP contribution in [0.2, 0.25) is 0 Å². The first-order valence-corrected chi connectivity index (χ1v) is 6.59. The number of anilines is 1. The Balaban J connectivity index is 2.26. The largest absolute Gasteiger partial charge is 0.456 e. The highest BCUT2D eigenvalue weighted by Gasteiger charge is 2.05. The summed E-state index contributed by atoms with van der Waals surface area (Å²) in [5.74, 6) is 1.44. The minimum absolute atomic E-state index is 0.612. The third-order valence-corrected chi connectivity index (χ3v) is 3.27. The van der Waals surface area contributed by atoms with E-state index in [0.717, 1.165) is 22.2 Å². The van der Waals surface area contributed by atoms with Gasteiger partial charge in [0, 0.05) is 31.4 Å². The van der Waals surface area contributed by atoms with Crippen LogP contribution >= 0.6 is 15.9 Å². The minimum Gasteiger partial charge on any atom is -0.456 e. The second-order valence-corrected chi connectivity index (χ2v) is 5.16. The maximum Gasteiger partial charge on any atom is 0.150 e. The Hall–Kier alpha value is -1.81. The fourth-order valence-electron chi connectivity index (χ4n) is 1.63. The summed E-state index contributed by atoms with van der Waals surface area (Å²) in [4.78, 5) is 12.7. The van der Waals surface area contributed by atoms with Crippen LogP contribution in [0.15, 0.2) is 46.9 Å². The fourth-order valence-corrected chi connectivity index (χ4v) is 2.10. The highest BCUT2D eigenvalue weighted by atomic mass is 79.9. The van der Waals surface area contributed by atoms with Gasteiger partial charge in [-0.1, -0.05) is 6.07 Å². The number of benzene rings is 2. The molecular formula is C15H14BrNO2. The Morgan fingerprint density at radius 2 is 1.95 bits per heavy atom. The van der Waals surface area contributed by atoms with Crippen molar-refractivity contribution in [1.82, 2.24) is 0 Å². The molecule has 3 nitrogen and oxygen atoms in total. The van der Waals surface area contributed by atoms with Gasteiger partial charge in [-0.25, -0.2) is 0 Å². The van der Waals surface area contributed by atoms with Crippen molar-refractivity contribution in [3.63, 3.8) is 0 Å². The van der Waals surface area contributed by atoms with Gasteiger partial charge in [-0.05, 0) is 46.3 Å². The van der Waals surface area contributed by atoms with Crippen LogP contribution in [-0.4, -0.2) is 20.4 Å². The molecule has 2 aromatic rings. The Kier molecular flexibility index (Phi) is 4.22. The molecule has 0 N–H and O–H groups in total. The van der Waals surface area contributed by atoms with Crippen molar-refractivity contribution in [2.75, 3.05) is 19.0 Å². The molecule has 4 heteroatoms. The normalized spacial score (nSPS) is 10.1. The van der Waals surface area contributed by atoms with Gasteiger partial charge in [-0.3, -0.25) is 4.79 Å². The topological polar surface area (TPSA) is 29.5 Å². The van der Waals surface area contributed by atoms with Crippen molar-refractivity contribution in [3.05, 3.63) is 52.5 Å². The van der Waals surface area contributed by atoms with Crippen LogP contribution in [0.25, 0.3) is 0 Å². The number of hydrogen-bond acceptors (Lipinski definition) is 3. The lowest BCUT2D eigenvalue weighted by Crippen LogP contribution is -2.08. The molecule has 0 saturated heterocycles. The predicted octanol–water partition coefficient (Wildman–Crippen LogP) is 4.12. The van der Waals surface area contributed by atoms with Crippen LogP contribution in [0.5, 0.6) is 11.5 Å². The van der Waals surface area contributed by atoms with Crippen molar-refractivity contribution in [1.29, 1.82) is 0 Å². The summed E-state index contributed by atoms with van der Waals surface area (Å²) in [7, 11) is 3.96. The first-order chi connectivity index (χ1) is 9.10. The van der Waals surface area contributed by atoms with E-state index in [1.165, 1.54) is 0 Å². The summed E-state index contributed by atoms with van der Waals surface area (Å²) in [5.41, 5.74) is 1.68. The van der Waals surface area contributed by atoms with E-state index >= 15 is 0 Å². The first-order valence-electron chi connectivity index (χ1n) is 5.80. The Bertz CT molecular complexity index is 596. The monoisotopic (exact) mass is 319 g/mol. The summed E-state index contributed by atoms with van der Waals surface area (Å²) in [5, 5.41) is 0. The first kappa shape index (κ1) is 13.6. The van der Waals surface area contributed by atoms with E-state index in [9.17, 15) is 4.79 Å². The molecule has 0 aliphatic heterocycles. The van der Waals surface area contributed by atoms with Crippen molar-refractivity contribution >= 4 is 27.9 Å². The maximum absolute atomic E-state index is 10.7. The highest BCUT2D eigenvalue weighted by Crippen LogP contribution is 2.31. The summed E-state index contributed by atoms with van der Waals surface area (Å²) < 4.78 is 6.57. The molecule has 0 heterocycles. The van der Waals surface area contributed by atoms with Gasteiger partial charge in [0.1, 0.15) is 17.8 Å². The van der Waals surface area contributed by atoms with Gasteiger partial charge in [-0.2, -0.15) is 0 Å². The molecular weight excluding hydrogens is 306 g/mol. The Labute approximate surface area is 120 Å². The average Bonchev–Trinajstić information content (AvgIpc) is 2.41. The molecule has 0 fully saturated rings. The number of halogens is 1. The molecule has 0 amide bonds. The van der Waals surface area contributed by atoms with E-state index in [1.807, 2.05) is 43.3 Å². The summed E-state index contributed by atoms with van der Waals surface area (Å²) in [6, 6.07) is 13.0. The number of carbonyl (C=O) groups is 1. The van der Waals surface area contributed by atoms with Crippen LogP contribution in [0.3, 0.4) is 0 Å².